The van der Waals surface area contributed by atoms with Gasteiger partial charge in [0, 0.05) is 11.4 Å². The van der Waals surface area contributed by atoms with Gasteiger partial charge in [-0.15, -0.1) is 0 Å². The average Bonchev–Trinajstić information content (AvgIpc) is 2.46. The maximum atomic E-state index is 12.1. The Morgan fingerprint density at radius 1 is 1.26 bits per heavy atom. The third-order valence-corrected chi connectivity index (χ3v) is 4.95. The number of nitrogens with one attached hydrogen (secondary N) is 1. The van der Waals surface area contributed by atoms with Crippen molar-refractivity contribution in [3.05, 3.63) is 35.9 Å². The van der Waals surface area contributed by atoms with Crippen LogP contribution in [0.4, 0.5) is 0 Å². The zero-order valence-corrected chi connectivity index (χ0v) is 13.0. The lowest BCUT2D eigenvalue weighted by Gasteiger charge is -2.25. The van der Waals surface area contributed by atoms with Crippen molar-refractivity contribution < 1.29 is 4.79 Å². The van der Waals surface area contributed by atoms with Crippen LogP contribution in [0.25, 0.3) is 0 Å². The first-order valence-electron chi connectivity index (χ1n) is 7.13. The van der Waals surface area contributed by atoms with Crippen LogP contribution in [0, 0.1) is 5.92 Å². The number of hydrogen-bond donors (Lipinski definition) is 1. The van der Waals surface area contributed by atoms with Gasteiger partial charge in [-0.05, 0) is 44.1 Å². The predicted octanol–water partition coefficient (Wildman–Crippen LogP) is 3.86. The van der Waals surface area contributed by atoms with E-state index in [0.717, 1.165) is 12.1 Å². The van der Waals surface area contributed by atoms with E-state index in [9.17, 15) is 4.79 Å². The molecule has 1 unspecified atom stereocenters. The minimum Gasteiger partial charge on any atom is -0.355 e. The van der Waals surface area contributed by atoms with Crippen LogP contribution in [0.1, 0.15) is 44.1 Å². The Hall–Kier alpha value is -0.830. The highest BCUT2D eigenvalue weighted by atomic mass is 79.9. The number of alkyl halides is 1. The van der Waals surface area contributed by atoms with Crippen LogP contribution in [-0.4, -0.2) is 17.3 Å². The molecule has 0 radical (unpaired) electrons. The van der Waals surface area contributed by atoms with Gasteiger partial charge in [-0.2, -0.15) is 0 Å². The lowest BCUT2D eigenvalue weighted by Crippen LogP contribution is -2.34. The largest absolute Gasteiger partial charge is 0.355 e. The molecule has 1 aromatic carbocycles. The topological polar surface area (TPSA) is 29.1 Å². The molecule has 0 aliphatic heterocycles. The summed E-state index contributed by atoms with van der Waals surface area (Å²) in [6.45, 7) is 2.80. The molecule has 0 spiro atoms. The molecular weight excluding hydrogens is 302 g/mol. The first-order chi connectivity index (χ1) is 9.16. The second-order valence-electron chi connectivity index (χ2n) is 5.50. The van der Waals surface area contributed by atoms with Crippen molar-refractivity contribution in [2.24, 2.45) is 5.92 Å². The van der Waals surface area contributed by atoms with Crippen LogP contribution in [0.5, 0.6) is 0 Å². The second-order valence-corrected chi connectivity index (χ2v) is 6.79. The number of halogens is 1. The summed E-state index contributed by atoms with van der Waals surface area (Å²) in [4.78, 5) is 12.8. The summed E-state index contributed by atoms with van der Waals surface area (Å²) < 4.78 is 0. The summed E-state index contributed by atoms with van der Waals surface area (Å²) in [7, 11) is 0. The molecule has 1 aliphatic rings. The van der Waals surface area contributed by atoms with Crippen molar-refractivity contribution in [2.45, 2.75) is 43.4 Å². The first-order valence-corrected chi connectivity index (χ1v) is 8.05. The van der Waals surface area contributed by atoms with E-state index in [1.807, 2.05) is 37.3 Å². The molecule has 0 heterocycles. The zero-order chi connectivity index (χ0) is 13.7. The molecule has 19 heavy (non-hydrogen) atoms. The highest BCUT2D eigenvalue weighted by molar-refractivity contribution is 9.09. The Kier molecular flexibility index (Phi) is 5.44. The Bertz CT molecular complexity index is 398. The van der Waals surface area contributed by atoms with E-state index < -0.39 is 0 Å². The van der Waals surface area contributed by atoms with Gasteiger partial charge >= 0.3 is 0 Å². The predicted molar refractivity (Wildman–Crippen MR) is 82.5 cm³/mol. The Morgan fingerprint density at radius 3 is 2.53 bits per heavy atom. The van der Waals surface area contributed by atoms with Gasteiger partial charge in [0.2, 0.25) is 5.91 Å². The fourth-order valence-corrected chi connectivity index (χ4v) is 3.15. The highest BCUT2D eigenvalue weighted by Crippen LogP contribution is 2.28. The van der Waals surface area contributed by atoms with Crippen molar-refractivity contribution in [3.63, 3.8) is 0 Å². The summed E-state index contributed by atoms with van der Waals surface area (Å²) in [6.07, 6.45) is 4.90. The van der Waals surface area contributed by atoms with Crippen molar-refractivity contribution in [2.75, 3.05) is 6.54 Å². The zero-order valence-electron chi connectivity index (χ0n) is 11.4. The average molecular weight is 324 g/mol. The molecule has 1 saturated carbocycles. The van der Waals surface area contributed by atoms with Crippen molar-refractivity contribution in [1.29, 1.82) is 0 Å². The minimum atomic E-state index is -0.0614. The Morgan fingerprint density at radius 2 is 1.89 bits per heavy atom. The smallest absolute Gasteiger partial charge is 0.227 e. The monoisotopic (exact) mass is 323 g/mol. The standard InChI is InChI=1S/C16H22BrNO/c1-12(14-5-3-2-4-6-14)16(19)18-11-13-7-9-15(17)10-8-13/h2-6,12-13,15H,7-11H2,1H3,(H,18,19). The van der Waals surface area contributed by atoms with Gasteiger partial charge in [0.25, 0.3) is 0 Å². The number of rotatable bonds is 4. The molecular formula is C16H22BrNO. The molecule has 104 valence electrons. The van der Waals surface area contributed by atoms with Gasteiger partial charge in [-0.3, -0.25) is 4.79 Å². The number of hydrogen-bond acceptors (Lipinski definition) is 1. The molecule has 1 aromatic rings. The summed E-state index contributed by atoms with van der Waals surface area (Å²) in [5, 5.41) is 3.11. The molecule has 0 bridgehead atoms. The highest BCUT2D eigenvalue weighted by Gasteiger charge is 2.21. The van der Waals surface area contributed by atoms with E-state index in [2.05, 4.69) is 21.2 Å². The third-order valence-electron chi connectivity index (χ3n) is 4.03. The number of amides is 1. The van der Waals surface area contributed by atoms with Crippen molar-refractivity contribution in [1.82, 2.24) is 5.32 Å². The summed E-state index contributed by atoms with van der Waals surface area (Å²) in [5.74, 6) is 0.738. The molecule has 1 amide bonds. The summed E-state index contributed by atoms with van der Waals surface area (Å²) in [6, 6.07) is 9.97. The van der Waals surface area contributed by atoms with Crippen LogP contribution >= 0.6 is 15.9 Å². The van der Waals surface area contributed by atoms with E-state index >= 15 is 0 Å². The van der Waals surface area contributed by atoms with Crippen LogP contribution in [-0.2, 0) is 4.79 Å². The van der Waals surface area contributed by atoms with Gasteiger partial charge in [0.15, 0.2) is 0 Å². The molecule has 0 aromatic heterocycles. The molecule has 1 N–H and O–H groups in total. The normalized spacial score (nSPS) is 24.7. The second kappa shape index (κ2) is 7.09. The molecule has 3 heteroatoms. The van der Waals surface area contributed by atoms with E-state index in [1.165, 1.54) is 25.7 Å². The first kappa shape index (κ1) is 14.6. The lowest BCUT2D eigenvalue weighted by atomic mass is 9.89. The lowest BCUT2D eigenvalue weighted by molar-refractivity contribution is -0.122. The molecule has 2 rings (SSSR count). The van der Waals surface area contributed by atoms with Gasteiger partial charge in [0.1, 0.15) is 0 Å². The summed E-state index contributed by atoms with van der Waals surface area (Å²) >= 11 is 3.66. The number of carbonyl (C=O) groups is 1. The van der Waals surface area contributed by atoms with E-state index in [-0.39, 0.29) is 11.8 Å². The van der Waals surface area contributed by atoms with E-state index in [1.54, 1.807) is 0 Å². The molecule has 1 aliphatic carbocycles. The maximum absolute atomic E-state index is 12.1. The van der Waals surface area contributed by atoms with Crippen molar-refractivity contribution >= 4 is 21.8 Å². The fraction of sp³-hybridized carbons (Fsp3) is 0.562. The molecule has 1 atom stereocenters. The quantitative estimate of drug-likeness (QED) is 0.837. The van der Waals surface area contributed by atoms with Gasteiger partial charge < -0.3 is 5.32 Å². The SMILES string of the molecule is CC(C(=O)NCC1CCC(Br)CC1)c1ccccc1. The van der Waals surface area contributed by atoms with Gasteiger partial charge in [0.05, 0.1) is 5.92 Å². The van der Waals surface area contributed by atoms with Crippen molar-refractivity contribution in [3.8, 4) is 0 Å². The maximum Gasteiger partial charge on any atom is 0.227 e. The number of carbonyl (C=O) groups excluding carboxylic acids is 1. The minimum absolute atomic E-state index is 0.0614. The van der Waals surface area contributed by atoms with Crippen LogP contribution < -0.4 is 5.32 Å². The van der Waals surface area contributed by atoms with E-state index in [0.29, 0.717) is 10.7 Å². The molecule has 1 fully saturated rings. The van der Waals surface area contributed by atoms with Crippen LogP contribution in [0.3, 0.4) is 0 Å². The molecule has 0 saturated heterocycles. The van der Waals surface area contributed by atoms with E-state index in [4.69, 9.17) is 0 Å². The van der Waals surface area contributed by atoms with Crippen LogP contribution in [0.15, 0.2) is 30.3 Å². The third kappa shape index (κ3) is 4.34. The fourth-order valence-electron chi connectivity index (χ4n) is 2.62. The number of benzene rings is 1. The Balaban J connectivity index is 1.78. The Labute approximate surface area is 124 Å². The van der Waals surface area contributed by atoms with Gasteiger partial charge in [-0.25, -0.2) is 0 Å². The van der Waals surface area contributed by atoms with Gasteiger partial charge in [-0.1, -0.05) is 46.3 Å². The van der Waals surface area contributed by atoms with Crippen LogP contribution in [0.2, 0.25) is 0 Å². The summed E-state index contributed by atoms with van der Waals surface area (Å²) in [5.41, 5.74) is 1.09. The molecule has 2 nitrogen and oxygen atoms in total.